The highest BCUT2D eigenvalue weighted by Gasteiger charge is 2.32. The Balaban J connectivity index is 2.03. The summed E-state index contributed by atoms with van der Waals surface area (Å²) in [6, 6.07) is 20.4. The van der Waals surface area contributed by atoms with Crippen LogP contribution in [0.5, 0.6) is 0 Å². The molecule has 0 aromatic heterocycles. The number of hydrogen-bond donors (Lipinski definition) is 1. The van der Waals surface area contributed by atoms with Crippen molar-refractivity contribution < 1.29 is 18.0 Å². The van der Waals surface area contributed by atoms with Crippen molar-refractivity contribution in [3.05, 3.63) is 95.1 Å². The lowest BCUT2D eigenvalue weighted by atomic mass is 10.1. The molecular formula is C28H33N3O4S. The number of rotatable bonds is 9. The van der Waals surface area contributed by atoms with Gasteiger partial charge in [-0.3, -0.25) is 13.9 Å². The monoisotopic (exact) mass is 507 g/mol. The molecule has 0 fully saturated rings. The lowest BCUT2D eigenvalue weighted by Gasteiger charge is -2.32. The Morgan fingerprint density at radius 1 is 0.861 bits per heavy atom. The van der Waals surface area contributed by atoms with E-state index >= 15 is 0 Å². The van der Waals surface area contributed by atoms with E-state index in [0.717, 1.165) is 26.6 Å². The fourth-order valence-electron chi connectivity index (χ4n) is 3.95. The van der Waals surface area contributed by atoms with Gasteiger partial charge in [-0.05, 0) is 63.1 Å². The first kappa shape index (κ1) is 26.9. The molecule has 1 N–H and O–H groups in total. The van der Waals surface area contributed by atoms with E-state index < -0.39 is 28.5 Å². The van der Waals surface area contributed by atoms with Gasteiger partial charge in [0.2, 0.25) is 11.8 Å². The van der Waals surface area contributed by atoms with Crippen molar-refractivity contribution in [3.63, 3.8) is 0 Å². The van der Waals surface area contributed by atoms with E-state index in [4.69, 9.17) is 0 Å². The number of anilines is 1. The first-order chi connectivity index (χ1) is 17.0. The van der Waals surface area contributed by atoms with Crippen molar-refractivity contribution in [2.45, 2.75) is 45.2 Å². The predicted octanol–water partition coefficient (Wildman–Crippen LogP) is 3.97. The second-order valence-corrected chi connectivity index (χ2v) is 10.8. The topological polar surface area (TPSA) is 86.8 Å². The minimum absolute atomic E-state index is 0.0898. The van der Waals surface area contributed by atoms with Gasteiger partial charge in [-0.2, -0.15) is 0 Å². The van der Waals surface area contributed by atoms with Crippen molar-refractivity contribution in [1.82, 2.24) is 10.2 Å². The van der Waals surface area contributed by atoms with Crippen molar-refractivity contribution in [2.24, 2.45) is 0 Å². The molecule has 0 saturated carbocycles. The van der Waals surface area contributed by atoms with Gasteiger partial charge in [-0.25, -0.2) is 8.42 Å². The summed E-state index contributed by atoms with van der Waals surface area (Å²) in [6.07, 6.45) is 0. The molecule has 1 atom stereocenters. The quantitative estimate of drug-likeness (QED) is 0.475. The highest BCUT2D eigenvalue weighted by molar-refractivity contribution is 7.92. The molecule has 0 heterocycles. The van der Waals surface area contributed by atoms with E-state index in [1.807, 2.05) is 51.1 Å². The zero-order valence-electron chi connectivity index (χ0n) is 21.4. The van der Waals surface area contributed by atoms with Crippen LogP contribution >= 0.6 is 0 Å². The van der Waals surface area contributed by atoms with E-state index in [-0.39, 0.29) is 17.3 Å². The number of carbonyl (C=O) groups is 2. The number of hydrogen-bond acceptors (Lipinski definition) is 4. The van der Waals surface area contributed by atoms with Crippen LogP contribution in [0.4, 0.5) is 5.69 Å². The van der Waals surface area contributed by atoms with Gasteiger partial charge in [-0.1, -0.05) is 59.7 Å². The molecule has 0 spiro atoms. The molecule has 0 bridgehead atoms. The molecule has 0 radical (unpaired) electrons. The summed E-state index contributed by atoms with van der Waals surface area (Å²) in [5, 5.41) is 2.59. The van der Waals surface area contributed by atoms with Gasteiger partial charge >= 0.3 is 0 Å². The summed E-state index contributed by atoms with van der Waals surface area (Å²) in [5.74, 6) is -0.815. The zero-order chi connectivity index (χ0) is 26.5. The number of carbonyl (C=O) groups excluding carboxylic acids is 2. The molecule has 0 saturated heterocycles. The third-order valence-electron chi connectivity index (χ3n) is 6.03. The Labute approximate surface area is 213 Å². The van der Waals surface area contributed by atoms with Gasteiger partial charge in [0, 0.05) is 13.6 Å². The largest absolute Gasteiger partial charge is 0.357 e. The van der Waals surface area contributed by atoms with E-state index in [1.165, 1.54) is 24.1 Å². The normalized spacial score (nSPS) is 12.0. The molecule has 0 aliphatic rings. The minimum Gasteiger partial charge on any atom is -0.357 e. The van der Waals surface area contributed by atoms with Crippen molar-refractivity contribution in [1.29, 1.82) is 0 Å². The van der Waals surface area contributed by atoms with Crippen LogP contribution in [0.1, 0.15) is 29.2 Å². The Morgan fingerprint density at radius 3 is 2.06 bits per heavy atom. The molecule has 36 heavy (non-hydrogen) atoms. The summed E-state index contributed by atoms with van der Waals surface area (Å²) in [6.45, 7) is 7.04. The van der Waals surface area contributed by atoms with Crippen LogP contribution < -0.4 is 9.62 Å². The number of aryl methyl sites for hydroxylation is 3. The number of nitrogens with zero attached hydrogens (tertiary/aromatic N) is 2. The molecule has 7 nitrogen and oxygen atoms in total. The van der Waals surface area contributed by atoms with Gasteiger partial charge in [-0.15, -0.1) is 0 Å². The van der Waals surface area contributed by atoms with Gasteiger partial charge in [0.1, 0.15) is 12.6 Å². The molecule has 190 valence electrons. The number of likely N-dealkylation sites (N-methyl/N-ethyl adjacent to an activating group) is 1. The summed E-state index contributed by atoms with van der Waals surface area (Å²) in [7, 11) is -2.55. The Hall–Kier alpha value is -3.65. The molecule has 1 unspecified atom stereocenters. The highest BCUT2D eigenvalue weighted by Crippen LogP contribution is 2.25. The second-order valence-electron chi connectivity index (χ2n) is 8.96. The van der Waals surface area contributed by atoms with Crippen LogP contribution in [0, 0.1) is 20.8 Å². The summed E-state index contributed by atoms with van der Waals surface area (Å²) in [4.78, 5) is 27.8. The molecule has 0 aliphatic carbocycles. The maximum absolute atomic E-state index is 13.8. The van der Waals surface area contributed by atoms with Crippen LogP contribution in [0.3, 0.4) is 0 Å². The smallest absolute Gasteiger partial charge is 0.264 e. The van der Waals surface area contributed by atoms with Crippen molar-refractivity contribution >= 4 is 27.5 Å². The number of sulfonamides is 1. The van der Waals surface area contributed by atoms with E-state index in [1.54, 1.807) is 37.3 Å². The van der Waals surface area contributed by atoms with Crippen LogP contribution in [0.25, 0.3) is 0 Å². The molecule has 3 aromatic rings. The summed E-state index contributed by atoms with van der Waals surface area (Å²) >= 11 is 0. The lowest BCUT2D eigenvalue weighted by molar-refractivity contribution is -0.139. The maximum atomic E-state index is 13.8. The second kappa shape index (κ2) is 11.4. The van der Waals surface area contributed by atoms with Crippen molar-refractivity contribution in [2.75, 3.05) is 17.9 Å². The van der Waals surface area contributed by atoms with E-state index in [9.17, 15) is 18.0 Å². The first-order valence-electron chi connectivity index (χ1n) is 11.8. The van der Waals surface area contributed by atoms with Crippen LogP contribution in [-0.4, -0.2) is 44.8 Å². The summed E-state index contributed by atoms with van der Waals surface area (Å²) in [5.41, 5.74) is 4.04. The van der Waals surface area contributed by atoms with Gasteiger partial charge in [0.25, 0.3) is 10.0 Å². The van der Waals surface area contributed by atoms with Crippen LogP contribution in [0.2, 0.25) is 0 Å². The van der Waals surface area contributed by atoms with Gasteiger partial charge in [0.15, 0.2) is 0 Å². The SMILES string of the molecule is CNC(=O)C(C)N(Cc1cccc(C)c1)C(=O)CN(c1cccc(C)c1)S(=O)(=O)c1ccc(C)cc1. The van der Waals surface area contributed by atoms with Crippen molar-refractivity contribution in [3.8, 4) is 0 Å². The van der Waals surface area contributed by atoms with E-state index in [0.29, 0.717) is 5.69 Å². The summed E-state index contributed by atoms with van der Waals surface area (Å²) < 4.78 is 28.6. The van der Waals surface area contributed by atoms with E-state index in [2.05, 4.69) is 5.32 Å². The molecule has 0 aliphatic heterocycles. The Bertz CT molecular complexity index is 1340. The molecular weight excluding hydrogens is 474 g/mol. The molecule has 3 aromatic carbocycles. The standard InChI is InChI=1S/C28H33N3O4S/c1-20-12-14-26(15-13-20)36(34,35)31(25-11-7-9-22(3)17-25)19-27(32)30(23(4)28(33)29-5)18-24-10-6-8-21(2)16-24/h6-17,23H,18-19H2,1-5H3,(H,29,33). The zero-order valence-corrected chi connectivity index (χ0v) is 22.2. The third kappa shape index (κ3) is 6.31. The number of amides is 2. The van der Waals surface area contributed by atoms with Gasteiger partial charge in [0.05, 0.1) is 10.6 Å². The molecule has 2 amide bonds. The molecule has 3 rings (SSSR count). The van der Waals surface area contributed by atoms with Crippen LogP contribution in [-0.2, 0) is 26.2 Å². The third-order valence-corrected chi connectivity index (χ3v) is 7.81. The predicted molar refractivity (Wildman–Crippen MR) is 142 cm³/mol. The number of nitrogens with one attached hydrogen (secondary N) is 1. The average molecular weight is 508 g/mol. The molecule has 8 heteroatoms. The Kier molecular flexibility index (Phi) is 8.53. The Morgan fingerprint density at radius 2 is 1.47 bits per heavy atom. The average Bonchev–Trinajstić information content (AvgIpc) is 2.85. The first-order valence-corrected chi connectivity index (χ1v) is 13.2. The minimum atomic E-state index is -4.06. The maximum Gasteiger partial charge on any atom is 0.264 e. The fourth-order valence-corrected chi connectivity index (χ4v) is 5.35. The van der Waals surface area contributed by atoms with Gasteiger partial charge < -0.3 is 10.2 Å². The highest BCUT2D eigenvalue weighted by atomic mass is 32.2. The fraction of sp³-hybridized carbons (Fsp3) is 0.286. The number of benzene rings is 3. The van der Waals surface area contributed by atoms with Crippen LogP contribution in [0.15, 0.2) is 77.7 Å². The lowest BCUT2D eigenvalue weighted by Crippen LogP contribution is -2.50.